The molecule has 2 atom stereocenters. The zero-order chi connectivity index (χ0) is 9.56. The van der Waals surface area contributed by atoms with Crippen LogP contribution in [0.2, 0.25) is 0 Å². The van der Waals surface area contributed by atoms with E-state index in [4.69, 9.17) is 4.74 Å². The number of carbonyl (C=O) groups is 1. The minimum atomic E-state index is -0.246. The topological polar surface area (TPSA) is 35.5 Å². The molecule has 0 fully saturated rings. The highest BCUT2D eigenvalue weighted by Crippen LogP contribution is 2.13. The van der Waals surface area contributed by atoms with Crippen LogP contribution >= 0.6 is 0 Å². The van der Waals surface area contributed by atoms with E-state index in [9.17, 15) is 4.79 Å². The summed E-state index contributed by atoms with van der Waals surface area (Å²) in [5.74, 6) is -0.484. The quantitative estimate of drug-likeness (QED) is 0.464. The summed E-state index contributed by atoms with van der Waals surface area (Å²) < 4.78 is 9.66. The summed E-state index contributed by atoms with van der Waals surface area (Å²) in [4.78, 5) is 11.2. The summed E-state index contributed by atoms with van der Waals surface area (Å²) in [7, 11) is 2.95. The molecule has 0 rings (SSSR count). The zero-order valence-electron chi connectivity index (χ0n) is 7.87. The fourth-order valence-corrected chi connectivity index (χ4v) is 0.975. The molecule has 0 amide bonds. The third kappa shape index (κ3) is 3.05. The lowest BCUT2D eigenvalue weighted by Gasteiger charge is -2.18. The maximum Gasteiger partial charge on any atom is 0.311 e. The Balaban J connectivity index is 4.20. The highest BCUT2D eigenvalue weighted by atomic mass is 16.5. The minimum Gasteiger partial charge on any atom is -0.469 e. The molecule has 12 heavy (non-hydrogen) atoms. The first kappa shape index (κ1) is 11.2. The molecule has 0 radical (unpaired) electrons. The Hall–Kier alpha value is -0.830. The monoisotopic (exact) mass is 172 g/mol. The lowest BCUT2D eigenvalue weighted by molar-refractivity contribution is -0.149. The maximum atomic E-state index is 11.2. The van der Waals surface area contributed by atoms with E-state index in [-0.39, 0.29) is 18.0 Å². The van der Waals surface area contributed by atoms with E-state index in [0.717, 1.165) is 0 Å². The van der Waals surface area contributed by atoms with Crippen molar-refractivity contribution in [1.82, 2.24) is 0 Å². The smallest absolute Gasteiger partial charge is 0.311 e. The Labute approximate surface area is 73.4 Å². The Morgan fingerprint density at radius 2 is 2.17 bits per heavy atom. The van der Waals surface area contributed by atoms with Crippen LogP contribution in [-0.4, -0.2) is 26.3 Å². The Bertz CT molecular complexity index is 154. The van der Waals surface area contributed by atoms with Crippen LogP contribution in [0.1, 0.15) is 13.3 Å². The minimum absolute atomic E-state index is 0.129. The van der Waals surface area contributed by atoms with Crippen LogP contribution in [0.15, 0.2) is 12.7 Å². The molecule has 0 bridgehead atoms. The highest BCUT2D eigenvalue weighted by Gasteiger charge is 2.24. The predicted octanol–water partition coefficient (Wildman–Crippen LogP) is 1.39. The normalized spacial score (nSPS) is 14.9. The average molecular weight is 172 g/mol. The largest absolute Gasteiger partial charge is 0.469 e. The number of hydrogen-bond donors (Lipinski definition) is 0. The van der Waals surface area contributed by atoms with Gasteiger partial charge in [0.25, 0.3) is 0 Å². The molecule has 0 saturated carbocycles. The second-order valence-electron chi connectivity index (χ2n) is 2.59. The van der Waals surface area contributed by atoms with Crippen molar-refractivity contribution in [2.75, 3.05) is 14.2 Å². The number of allylic oxidation sites excluding steroid dienone is 1. The van der Waals surface area contributed by atoms with E-state index in [1.165, 1.54) is 7.11 Å². The van der Waals surface area contributed by atoms with Crippen LogP contribution in [0.5, 0.6) is 0 Å². The van der Waals surface area contributed by atoms with Crippen LogP contribution < -0.4 is 0 Å². The van der Waals surface area contributed by atoms with Gasteiger partial charge in [-0.2, -0.15) is 0 Å². The molecule has 0 aliphatic carbocycles. The van der Waals surface area contributed by atoms with Crippen molar-refractivity contribution < 1.29 is 14.3 Å². The lowest BCUT2D eigenvalue weighted by atomic mass is 10.00. The zero-order valence-corrected chi connectivity index (χ0v) is 7.87. The SMILES string of the molecule is C=CC[C@@H](C(=O)OC)[C@H](C)OC. The van der Waals surface area contributed by atoms with Crippen LogP contribution in [0.4, 0.5) is 0 Å². The summed E-state index contributed by atoms with van der Waals surface area (Å²) in [5, 5.41) is 0. The van der Waals surface area contributed by atoms with Crippen LogP contribution in [0, 0.1) is 5.92 Å². The van der Waals surface area contributed by atoms with E-state index in [2.05, 4.69) is 11.3 Å². The molecule has 0 aromatic heterocycles. The third-order valence-electron chi connectivity index (χ3n) is 1.86. The fraction of sp³-hybridized carbons (Fsp3) is 0.667. The molecule has 0 N–H and O–H groups in total. The van der Waals surface area contributed by atoms with Crippen molar-refractivity contribution in [3.63, 3.8) is 0 Å². The van der Waals surface area contributed by atoms with Crippen LogP contribution in [0.3, 0.4) is 0 Å². The fourth-order valence-electron chi connectivity index (χ4n) is 0.975. The second-order valence-corrected chi connectivity index (χ2v) is 2.59. The van der Waals surface area contributed by atoms with E-state index in [1.54, 1.807) is 13.2 Å². The van der Waals surface area contributed by atoms with Crippen molar-refractivity contribution >= 4 is 5.97 Å². The van der Waals surface area contributed by atoms with E-state index >= 15 is 0 Å². The molecular formula is C9H16O3. The van der Waals surface area contributed by atoms with Crippen molar-refractivity contribution in [3.05, 3.63) is 12.7 Å². The highest BCUT2D eigenvalue weighted by molar-refractivity contribution is 5.73. The van der Waals surface area contributed by atoms with Crippen molar-refractivity contribution in [3.8, 4) is 0 Å². The first-order valence-corrected chi connectivity index (χ1v) is 3.88. The van der Waals surface area contributed by atoms with Gasteiger partial charge in [0, 0.05) is 7.11 Å². The number of hydrogen-bond acceptors (Lipinski definition) is 3. The lowest BCUT2D eigenvalue weighted by Crippen LogP contribution is -2.28. The summed E-state index contributed by atoms with van der Waals surface area (Å²) in [6.45, 7) is 5.41. The number of ether oxygens (including phenoxy) is 2. The maximum absolute atomic E-state index is 11.2. The van der Waals surface area contributed by atoms with Crippen molar-refractivity contribution in [2.45, 2.75) is 19.4 Å². The molecule has 70 valence electrons. The summed E-state index contributed by atoms with van der Waals surface area (Å²) >= 11 is 0. The predicted molar refractivity (Wildman–Crippen MR) is 46.8 cm³/mol. The van der Waals surface area contributed by atoms with Gasteiger partial charge in [-0.15, -0.1) is 6.58 Å². The van der Waals surface area contributed by atoms with Crippen molar-refractivity contribution in [1.29, 1.82) is 0 Å². The molecule has 0 aromatic rings. The second kappa shape index (κ2) is 5.77. The molecule has 0 spiro atoms. The molecule has 0 unspecified atom stereocenters. The van der Waals surface area contributed by atoms with Crippen LogP contribution in [0.25, 0.3) is 0 Å². The van der Waals surface area contributed by atoms with Crippen molar-refractivity contribution in [2.24, 2.45) is 5.92 Å². The first-order chi connectivity index (χ1) is 5.67. The molecule has 3 nitrogen and oxygen atoms in total. The van der Waals surface area contributed by atoms with Gasteiger partial charge in [0.1, 0.15) is 0 Å². The van der Waals surface area contributed by atoms with E-state index in [1.807, 2.05) is 6.92 Å². The van der Waals surface area contributed by atoms with Gasteiger partial charge in [0.2, 0.25) is 0 Å². The number of methoxy groups -OCH3 is 2. The summed E-state index contributed by atoms with van der Waals surface area (Å²) in [5.41, 5.74) is 0. The Morgan fingerprint density at radius 1 is 1.58 bits per heavy atom. The third-order valence-corrected chi connectivity index (χ3v) is 1.86. The molecular weight excluding hydrogens is 156 g/mol. The van der Waals surface area contributed by atoms with Gasteiger partial charge in [-0.05, 0) is 13.3 Å². The molecule has 0 aliphatic heterocycles. The van der Waals surface area contributed by atoms with Gasteiger partial charge in [0.15, 0.2) is 0 Å². The van der Waals surface area contributed by atoms with Gasteiger partial charge in [0.05, 0.1) is 19.1 Å². The van der Waals surface area contributed by atoms with Gasteiger partial charge in [-0.25, -0.2) is 0 Å². The van der Waals surface area contributed by atoms with Crippen LogP contribution in [-0.2, 0) is 14.3 Å². The number of carbonyl (C=O) groups excluding carboxylic acids is 1. The van der Waals surface area contributed by atoms with E-state index in [0.29, 0.717) is 6.42 Å². The Morgan fingerprint density at radius 3 is 2.50 bits per heavy atom. The number of esters is 1. The average Bonchev–Trinajstić information content (AvgIpc) is 2.11. The molecule has 0 saturated heterocycles. The summed E-state index contributed by atoms with van der Waals surface area (Å²) in [6.07, 6.45) is 2.15. The Kier molecular flexibility index (Phi) is 5.37. The molecule has 3 heteroatoms. The van der Waals surface area contributed by atoms with Gasteiger partial charge < -0.3 is 9.47 Å². The summed E-state index contributed by atoms with van der Waals surface area (Å²) in [6, 6.07) is 0. The molecule has 0 aliphatic rings. The van der Waals surface area contributed by atoms with Gasteiger partial charge in [-0.1, -0.05) is 6.08 Å². The van der Waals surface area contributed by atoms with E-state index < -0.39 is 0 Å². The number of rotatable bonds is 5. The standard InChI is InChI=1S/C9H16O3/c1-5-6-8(7(2)11-3)9(10)12-4/h5,7-8H,1,6H2,2-4H3/t7-,8+/m0/s1. The molecule has 0 aromatic carbocycles. The van der Waals surface area contributed by atoms with Gasteiger partial charge in [-0.3, -0.25) is 4.79 Å². The first-order valence-electron chi connectivity index (χ1n) is 3.88. The van der Waals surface area contributed by atoms with Gasteiger partial charge >= 0.3 is 5.97 Å². The molecule has 0 heterocycles.